The molecular weight excluding hydrogens is 160 g/mol. The summed E-state index contributed by atoms with van der Waals surface area (Å²) in [7, 11) is 0. The Bertz CT molecular complexity index is 126. The van der Waals surface area contributed by atoms with E-state index in [0.29, 0.717) is 0 Å². The van der Waals surface area contributed by atoms with E-state index < -0.39 is 0 Å². The van der Waals surface area contributed by atoms with Gasteiger partial charge in [0.05, 0.1) is 0 Å². The topological polar surface area (TPSA) is 6.48 Å². The first-order chi connectivity index (χ1) is 6.22. The zero-order valence-corrected chi connectivity index (χ0v) is 9.42. The van der Waals surface area contributed by atoms with Gasteiger partial charge in [0.1, 0.15) is 0 Å². The lowest BCUT2D eigenvalue weighted by Gasteiger charge is -2.34. The molecule has 0 radical (unpaired) electrons. The van der Waals surface area contributed by atoms with Crippen LogP contribution in [0.3, 0.4) is 0 Å². The van der Waals surface area contributed by atoms with Crippen LogP contribution in [-0.4, -0.2) is 49.1 Å². The van der Waals surface area contributed by atoms with Gasteiger partial charge in [0.25, 0.3) is 0 Å². The van der Waals surface area contributed by atoms with E-state index in [1.807, 2.05) is 0 Å². The average molecular weight is 184 g/mol. The largest absolute Gasteiger partial charge is 0.301 e. The first-order valence-electron chi connectivity index (χ1n) is 5.67. The number of hydrogen-bond donors (Lipinski definition) is 0. The third kappa shape index (κ3) is 4.10. The van der Waals surface area contributed by atoms with Gasteiger partial charge in [0.2, 0.25) is 0 Å². The first kappa shape index (κ1) is 11.0. The van der Waals surface area contributed by atoms with Crippen molar-refractivity contribution in [2.75, 3.05) is 39.3 Å². The molecule has 1 heterocycles. The third-order valence-electron chi connectivity index (χ3n) is 2.93. The predicted octanol–water partition coefficient (Wildman–Crippen LogP) is 1.67. The fourth-order valence-corrected chi connectivity index (χ4v) is 1.77. The monoisotopic (exact) mass is 184 g/mol. The van der Waals surface area contributed by atoms with E-state index in [1.54, 1.807) is 0 Å². The third-order valence-corrected chi connectivity index (χ3v) is 2.93. The van der Waals surface area contributed by atoms with E-state index in [4.69, 9.17) is 0 Å². The molecular formula is C11H24N2. The maximum Gasteiger partial charge on any atom is 0.0110 e. The maximum absolute atomic E-state index is 2.60. The van der Waals surface area contributed by atoms with Crippen LogP contribution in [0.2, 0.25) is 0 Å². The van der Waals surface area contributed by atoms with Crippen molar-refractivity contribution in [3.05, 3.63) is 0 Å². The smallest absolute Gasteiger partial charge is 0.0110 e. The Morgan fingerprint density at radius 3 is 2.00 bits per heavy atom. The zero-order valence-electron chi connectivity index (χ0n) is 9.42. The maximum atomic E-state index is 2.60. The Labute approximate surface area is 82.9 Å². The van der Waals surface area contributed by atoms with Gasteiger partial charge in [-0.1, -0.05) is 20.8 Å². The Balaban J connectivity index is 2.10. The number of piperazine rings is 1. The highest BCUT2D eigenvalue weighted by Gasteiger charge is 2.14. The standard InChI is InChI=1S/C11H24N2/c1-4-12-7-9-13(10-8-12)6-5-11(2)3/h11H,4-10H2,1-3H3. The Morgan fingerprint density at radius 2 is 1.54 bits per heavy atom. The van der Waals surface area contributed by atoms with Crippen molar-refractivity contribution in [3.8, 4) is 0 Å². The molecule has 0 spiro atoms. The molecule has 1 saturated heterocycles. The van der Waals surface area contributed by atoms with E-state index in [0.717, 1.165) is 5.92 Å². The minimum Gasteiger partial charge on any atom is -0.301 e. The summed E-state index contributed by atoms with van der Waals surface area (Å²) in [6, 6.07) is 0. The molecule has 0 aliphatic carbocycles. The van der Waals surface area contributed by atoms with E-state index in [2.05, 4.69) is 30.6 Å². The van der Waals surface area contributed by atoms with Crippen LogP contribution in [0.4, 0.5) is 0 Å². The molecule has 1 rings (SSSR count). The van der Waals surface area contributed by atoms with Crippen molar-refractivity contribution >= 4 is 0 Å². The summed E-state index contributed by atoms with van der Waals surface area (Å²) in [4.78, 5) is 5.14. The minimum atomic E-state index is 0.851. The van der Waals surface area contributed by atoms with Crippen LogP contribution in [-0.2, 0) is 0 Å². The molecule has 2 heteroatoms. The molecule has 0 aromatic heterocycles. The summed E-state index contributed by atoms with van der Waals surface area (Å²) >= 11 is 0. The summed E-state index contributed by atoms with van der Waals surface area (Å²) in [6.45, 7) is 14.5. The van der Waals surface area contributed by atoms with Gasteiger partial charge in [0.15, 0.2) is 0 Å². The lowest BCUT2D eigenvalue weighted by molar-refractivity contribution is 0.133. The van der Waals surface area contributed by atoms with Crippen LogP contribution in [0.5, 0.6) is 0 Å². The number of hydrogen-bond acceptors (Lipinski definition) is 2. The number of likely N-dealkylation sites (N-methyl/N-ethyl adjacent to an activating group) is 1. The molecule has 2 nitrogen and oxygen atoms in total. The van der Waals surface area contributed by atoms with Crippen molar-refractivity contribution in [2.24, 2.45) is 5.92 Å². The fraction of sp³-hybridized carbons (Fsp3) is 1.00. The number of rotatable bonds is 4. The average Bonchev–Trinajstić information content (AvgIpc) is 2.15. The number of nitrogens with zero attached hydrogens (tertiary/aromatic N) is 2. The van der Waals surface area contributed by atoms with Crippen molar-refractivity contribution in [1.82, 2.24) is 9.80 Å². The SMILES string of the molecule is CCN1CCN(CCC(C)C)CC1. The van der Waals surface area contributed by atoms with Crippen molar-refractivity contribution in [1.29, 1.82) is 0 Å². The van der Waals surface area contributed by atoms with Crippen molar-refractivity contribution in [2.45, 2.75) is 27.2 Å². The van der Waals surface area contributed by atoms with Crippen LogP contribution >= 0.6 is 0 Å². The summed E-state index contributed by atoms with van der Waals surface area (Å²) in [5.41, 5.74) is 0. The van der Waals surface area contributed by atoms with Crippen molar-refractivity contribution in [3.63, 3.8) is 0 Å². The molecule has 1 fully saturated rings. The second-order valence-corrected chi connectivity index (χ2v) is 4.46. The van der Waals surface area contributed by atoms with Crippen molar-refractivity contribution < 1.29 is 0 Å². The van der Waals surface area contributed by atoms with Crippen LogP contribution in [0.15, 0.2) is 0 Å². The van der Waals surface area contributed by atoms with Crippen LogP contribution in [0.25, 0.3) is 0 Å². The summed E-state index contributed by atoms with van der Waals surface area (Å²) in [5.74, 6) is 0.851. The van der Waals surface area contributed by atoms with Crippen LogP contribution < -0.4 is 0 Å². The Hall–Kier alpha value is -0.0800. The van der Waals surface area contributed by atoms with Gasteiger partial charge in [-0.3, -0.25) is 0 Å². The van der Waals surface area contributed by atoms with Gasteiger partial charge >= 0.3 is 0 Å². The second kappa shape index (κ2) is 5.61. The van der Waals surface area contributed by atoms with Gasteiger partial charge in [-0.05, 0) is 25.4 Å². The molecule has 0 N–H and O–H groups in total. The Morgan fingerprint density at radius 1 is 1.00 bits per heavy atom. The zero-order chi connectivity index (χ0) is 9.68. The summed E-state index contributed by atoms with van der Waals surface area (Å²) < 4.78 is 0. The molecule has 0 aromatic carbocycles. The van der Waals surface area contributed by atoms with Gasteiger partial charge in [-0.15, -0.1) is 0 Å². The van der Waals surface area contributed by atoms with Gasteiger partial charge < -0.3 is 9.80 Å². The van der Waals surface area contributed by atoms with Gasteiger partial charge in [-0.2, -0.15) is 0 Å². The molecule has 0 atom stereocenters. The quantitative estimate of drug-likeness (QED) is 0.656. The van der Waals surface area contributed by atoms with Gasteiger partial charge in [-0.25, -0.2) is 0 Å². The molecule has 0 unspecified atom stereocenters. The summed E-state index contributed by atoms with van der Waals surface area (Å²) in [5, 5.41) is 0. The highest BCUT2D eigenvalue weighted by atomic mass is 15.3. The van der Waals surface area contributed by atoms with E-state index in [9.17, 15) is 0 Å². The van der Waals surface area contributed by atoms with E-state index >= 15 is 0 Å². The molecule has 1 aliphatic rings. The minimum absolute atomic E-state index is 0.851. The van der Waals surface area contributed by atoms with E-state index in [1.165, 1.54) is 45.7 Å². The molecule has 0 bridgehead atoms. The van der Waals surface area contributed by atoms with E-state index in [-0.39, 0.29) is 0 Å². The predicted molar refractivity (Wildman–Crippen MR) is 58.0 cm³/mol. The molecule has 13 heavy (non-hydrogen) atoms. The molecule has 0 amide bonds. The Kier molecular flexibility index (Phi) is 4.74. The fourth-order valence-electron chi connectivity index (χ4n) is 1.77. The molecule has 1 aliphatic heterocycles. The normalized spacial score (nSPS) is 21.2. The second-order valence-electron chi connectivity index (χ2n) is 4.46. The summed E-state index contributed by atoms with van der Waals surface area (Å²) in [6.07, 6.45) is 1.35. The van der Waals surface area contributed by atoms with Gasteiger partial charge in [0, 0.05) is 26.2 Å². The van der Waals surface area contributed by atoms with Crippen LogP contribution in [0.1, 0.15) is 27.2 Å². The lowest BCUT2D eigenvalue weighted by atomic mass is 10.1. The molecule has 0 saturated carbocycles. The highest BCUT2D eigenvalue weighted by molar-refractivity contribution is 4.70. The molecule has 0 aromatic rings. The van der Waals surface area contributed by atoms with Crippen LogP contribution in [0, 0.1) is 5.92 Å². The first-order valence-corrected chi connectivity index (χ1v) is 5.67. The molecule has 78 valence electrons. The lowest BCUT2D eigenvalue weighted by Crippen LogP contribution is -2.46. The highest BCUT2D eigenvalue weighted by Crippen LogP contribution is 2.05.